The molecule has 0 amide bonds. The van der Waals surface area contributed by atoms with Crippen molar-refractivity contribution in [2.45, 2.75) is 32.2 Å². The molecule has 2 aromatic rings. The molecule has 0 aliphatic heterocycles. The first-order chi connectivity index (χ1) is 9.72. The van der Waals surface area contributed by atoms with Gasteiger partial charge < -0.3 is 0 Å². The molecular formula is C17H21FN2. The Morgan fingerprint density at radius 1 is 1.10 bits per heavy atom. The molecule has 0 saturated carbocycles. The molecule has 0 aromatic heterocycles. The van der Waals surface area contributed by atoms with Gasteiger partial charge in [-0.1, -0.05) is 48.5 Å². The quantitative estimate of drug-likeness (QED) is 0.622. The molecule has 0 aliphatic carbocycles. The Balaban J connectivity index is 1.97. The van der Waals surface area contributed by atoms with Crippen LogP contribution in [-0.2, 0) is 6.42 Å². The van der Waals surface area contributed by atoms with Gasteiger partial charge in [-0.15, -0.1) is 0 Å². The second kappa shape index (κ2) is 7.17. The van der Waals surface area contributed by atoms with Gasteiger partial charge in [-0.3, -0.25) is 11.3 Å². The number of benzene rings is 2. The van der Waals surface area contributed by atoms with E-state index in [-0.39, 0.29) is 11.9 Å². The molecule has 0 spiro atoms. The van der Waals surface area contributed by atoms with Crippen molar-refractivity contribution >= 4 is 0 Å². The van der Waals surface area contributed by atoms with E-state index in [0.29, 0.717) is 11.1 Å². The fraction of sp³-hybridized carbons (Fsp3) is 0.294. The van der Waals surface area contributed by atoms with Crippen molar-refractivity contribution in [1.82, 2.24) is 5.43 Å². The molecule has 2 aromatic carbocycles. The first kappa shape index (κ1) is 14.7. The Morgan fingerprint density at radius 2 is 1.85 bits per heavy atom. The van der Waals surface area contributed by atoms with Crippen molar-refractivity contribution in [3.05, 3.63) is 71.0 Å². The van der Waals surface area contributed by atoms with Gasteiger partial charge in [0.1, 0.15) is 5.82 Å². The molecule has 1 atom stereocenters. The van der Waals surface area contributed by atoms with Gasteiger partial charge in [-0.05, 0) is 37.3 Å². The average Bonchev–Trinajstić information content (AvgIpc) is 2.48. The Labute approximate surface area is 119 Å². The normalized spacial score (nSPS) is 12.3. The molecule has 0 radical (unpaired) electrons. The smallest absolute Gasteiger partial charge is 0.130 e. The monoisotopic (exact) mass is 272 g/mol. The van der Waals surface area contributed by atoms with Crippen LogP contribution in [0.3, 0.4) is 0 Å². The number of nitrogens with two attached hydrogens (primary N) is 1. The standard InChI is InChI=1S/C17H21FN2/c1-13-7-5-11-15(17(13)18)16(20-19)12-6-10-14-8-3-2-4-9-14/h2-5,7-9,11,16,20H,6,10,12,19H2,1H3. The van der Waals surface area contributed by atoms with E-state index in [1.54, 1.807) is 19.1 Å². The van der Waals surface area contributed by atoms with Gasteiger partial charge in [-0.25, -0.2) is 4.39 Å². The van der Waals surface area contributed by atoms with E-state index in [2.05, 4.69) is 17.6 Å². The Hall–Kier alpha value is -1.71. The highest BCUT2D eigenvalue weighted by atomic mass is 19.1. The number of nitrogens with one attached hydrogen (secondary N) is 1. The maximum Gasteiger partial charge on any atom is 0.130 e. The lowest BCUT2D eigenvalue weighted by Crippen LogP contribution is -2.29. The van der Waals surface area contributed by atoms with E-state index >= 15 is 0 Å². The third kappa shape index (κ3) is 3.65. The van der Waals surface area contributed by atoms with Gasteiger partial charge >= 0.3 is 0 Å². The first-order valence-electron chi connectivity index (χ1n) is 6.97. The van der Waals surface area contributed by atoms with Crippen molar-refractivity contribution in [3.63, 3.8) is 0 Å². The van der Waals surface area contributed by atoms with Crippen LogP contribution in [0.2, 0.25) is 0 Å². The Kier molecular flexibility index (Phi) is 5.27. The lowest BCUT2D eigenvalue weighted by Gasteiger charge is -2.17. The predicted molar refractivity (Wildman–Crippen MR) is 80.6 cm³/mol. The second-order valence-electron chi connectivity index (χ2n) is 5.08. The molecular weight excluding hydrogens is 251 g/mol. The van der Waals surface area contributed by atoms with E-state index in [0.717, 1.165) is 19.3 Å². The van der Waals surface area contributed by atoms with E-state index in [4.69, 9.17) is 5.84 Å². The zero-order chi connectivity index (χ0) is 14.4. The molecule has 0 bridgehead atoms. The summed E-state index contributed by atoms with van der Waals surface area (Å²) in [5.41, 5.74) is 5.34. The number of hydrogen-bond acceptors (Lipinski definition) is 2. The summed E-state index contributed by atoms with van der Waals surface area (Å²) in [6.45, 7) is 1.77. The zero-order valence-corrected chi connectivity index (χ0v) is 11.8. The predicted octanol–water partition coefficient (Wildman–Crippen LogP) is 3.66. The average molecular weight is 272 g/mol. The maximum atomic E-state index is 14.1. The van der Waals surface area contributed by atoms with Crippen LogP contribution in [0, 0.1) is 12.7 Å². The third-order valence-electron chi connectivity index (χ3n) is 3.60. The molecule has 20 heavy (non-hydrogen) atoms. The summed E-state index contributed by atoms with van der Waals surface area (Å²) in [5, 5.41) is 0. The van der Waals surface area contributed by atoms with Gasteiger partial charge in [0, 0.05) is 11.6 Å². The molecule has 0 saturated heterocycles. The van der Waals surface area contributed by atoms with Gasteiger partial charge in [0.05, 0.1) is 0 Å². The fourth-order valence-electron chi connectivity index (χ4n) is 2.42. The van der Waals surface area contributed by atoms with Crippen molar-refractivity contribution in [2.24, 2.45) is 5.84 Å². The van der Waals surface area contributed by atoms with Crippen molar-refractivity contribution < 1.29 is 4.39 Å². The summed E-state index contributed by atoms with van der Waals surface area (Å²) in [6.07, 6.45) is 2.75. The number of aryl methyl sites for hydroxylation is 2. The molecule has 0 heterocycles. The van der Waals surface area contributed by atoms with Crippen LogP contribution >= 0.6 is 0 Å². The lowest BCUT2D eigenvalue weighted by molar-refractivity contribution is 0.470. The van der Waals surface area contributed by atoms with Crippen molar-refractivity contribution in [1.29, 1.82) is 0 Å². The summed E-state index contributed by atoms with van der Waals surface area (Å²) in [6, 6.07) is 15.6. The highest BCUT2D eigenvalue weighted by Crippen LogP contribution is 2.23. The minimum atomic E-state index is -0.157. The summed E-state index contributed by atoms with van der Waals surface area (Å²) < 4.78 is 14.1. The van der Waals surface area contributed by atoms with E-state index in [9.17, 15) is 4.39 Å². The minimum Gasteiger partial charge on any atom is -0.271 e. The molecule has 3 N–H and O–H groups in total. The molecule has 2 nitrogen and oxygen atoms in total. The van der Waals surface area contributed by atoms with E-state index in [1.165, 1.54) is 5.56 Å². The SMILES string of the molecule is Cc1cccc(C(CCCc2ccccc2)NN)c1F. The molecule has 0 fully saturated rings. The van der Waals surface area contributed by atoms with Gasteiger partial charge in [0.15, 0.2) is 0 Å². The number of rotatable bonds is 6. The van der Waals surface area contributed by atoms with Gasteiger partial charge in [0.2, 0.25) is 0 Å². The van der Waals surface area contributed by atoms with Crippen LogP contribution in [0.25, 0.3) is 0 Å². The zero-order valence-electron chi connectivity index (χ0n) is 11.8. The van der Waals surface area contributed by atoms with Gasteiger partial charge in [0.25, 0.3) is 0 Å². The van der Waals surface area contributed by atoms with E-state index < -0.39 is 0 Å². The minimum absolute atomic E-state index is 0.140. The molecule has 2 rings (SSSR count). The fourth-order valence-corrected chi connectivity index (χ4v) is 2.42. The molecule has 0 aliphatic rings. The number of hydrogen-bond donors (Lipinski definition) is 2. The van der Waals surface area contributed by atoms with Crippen LogP contribution in [0.5, 0.6) is 0 Å². The van der Waals surface area contributed by atoms with Crippen molar-refractivity contribution in [3.8, 4) is 0 Å². The topological polar surface area (TPSA) is 38.0 Å². The summed E-state index contributed by atoms with van der Waals surface area (Å²) in [4.78, 5) is 0. The van der Waals surface area contributed by atoms with E-state index in [1.807, 2.05) is 24.3 Å². The summed E-state index contributed by atoms with van der Waals surface area (Å²) in [5.74, 6) is 5.43. The first-order valence-corrected chi connectivity index (χ1v) is 6.97. The summed E-state index contributed by atoms with van der Waals surface area (Å²) in [7, 11) is 0. The summed E-state index contributed by atoms with van der Waals surface area (Å²) >= 11 is 0. The molecule has 1 unspecified atom stereocenters. The van der Waals surface area contributed by atoms with Crippen LogP contribution in [0.15, 0.2) is 48.5 Å². The largest absolute Gasteiger partial charge is 0.271 e. The number of hydrazine groups is 1. The lowest BCUT2D eigenvalue weighted by atomic mass is 9.97. The number of halogens is 1. The van der Waals surface area contributed by atoms with Crippen LogP contribution < -0.4 is 11.3 Å². The van der Waals surface area contributed by atoms with Crippen molar-refractivity contribution in [2.75, 3.05) is 0 Å². The van der Waals surface area contributed by atoms with Gasteiger partial charge in [-0.2, -0.15) is 0 Å². The van der Waals surface area contributed by atoms with Crippen LogP contribution in [0.1, 0.15) is 35.6 Å². The Bertz CT molecular complexity index is 540. The van der Waals surface area contributed by atoms with Crippen LogP contribution in [-0.4, -0.2) is 0 Å². The Morgan fingerprint density at radius 3 is 2.55 bits per heavy atom. The van der Waals surface area contributed by atoms with Crippen LogP contribution in [0.4, 0.5) is 4.39 Å². The molecule has 3 heteroatoms. The second-order valence-corrected chi connectivity index (χ2v) is 5.08. The highest BCUT2D eigenvalue weighted by molar-refractivity contribution is 5.27. The third-order valence-corrected chi connectivity index (χ3v) is 3.60. The maximum absolute atomic E-state index is 14.1. The molecule has 106 valence electrons. The highest BCUT2D eigenvalue weighted by Gasteiger charge is 2.15.